The molecule has 1 heterocycles. The summed E-state index contributed by atoms with van der Waals surface area (Å²) in [7, 11) is 0. The van der Waals surface area contributed by atoms with Gasteiger partial charge in [0.25, 0.3) is 0 Å². The van der Waals surface area contributed by atoms with Crippen LogP contribution in [0, 0.1) is 5.92 Å². The average Bonchev–Trinajstić information content (AvgIpc) is 3.81. The molecule has 384 valence electrons. The van der Waals surface area contributed by atoms with Crippen LogP contribution in [-0.2, 0) is 67.6 Å². The second kappa shape index (κ2) is 30.2. The zero-order valence-corrected chi connectivity index (χ0v) is 41.3. The van der Waals surface area contributed by atoms with Crippen molar-refractivity contribution >= 4 is 77.2 Å². The molecular weight excluding hydrogens is 961 g/mol. The van der Waals surface area contributed by atoms with Gasteiger partial charge in [0.2, 0.25) is 29.5 Å². The van der Waals surface area contributed by atoms with E-state index < -0.39 is 72.0 Å². The third-order valence-electron chi connectivity index (χ3n) is 11.4. The van der Waals surface area contributed by atoms with Crippen LogP contribution in [0.1, 0.15) is 94.7 Å². The van der Waals surface area contributed by atoms with Gasteiger partial charge in [-0.05, 0) is 81.5 Å². The van der Waals surface area contributed by atoms with E-state index in [0.717, 1.165) is 10.5 Å². The van der Waals surface area contributed by atoms with Crippen molar-refractivity contribution in [3.05, 3.63) is 106 Å². The van der Waals surface area contributed by atoms with Crippen molar-refractivity contribution in [1.82, 2.24) is 31.5 Å². The highest BCUT2D eigenvalue weighted by Crippen LogP contribution is 2.19. The molecule has 5 atom stereocenters. The number of hydrogen-bond donors (Lipinski definition) is 6. The third kappa shape index (κ3) is 19.6. The van der Waals surface area contributed by atoms with Crippen LogP contribution in [0.25, 0.3) is 0 Å². The Morgan fingerprint density at radius 2 is 1.21 bits per heavy atom. The molecule has 19 nitrogen and oxygen atoms in total. The van der Waals surface area contributed by atoms with Crippen molar-refractivity contribution in [2.75, 3.05) is 13.1 Å². The molecule has 7 amide bonds. The van der Waals surface area contributed by atoms with E-state index in [-0.39, 0.29) is 89.6 Å². The minimum atomic E-state index is -1.41. The summed E-state index contributed by atoms with van der Waals surface area (Å²) in [6.07, 6.45) is -0.819. The summed E-state index contributed by atoms with van der Waals surface area (Å²) in [4.78, 5) is 120. The number of hydrogen-bond acceptors (Lipinski definition) is 13. The maximum absolute atomic E-state index is 14.4. The molecule has 1 fully saturated rings. The average molecular weight is 1020 g/mol. The number of nitrogens with one attached hydrogen (secondary N) is 5. The number of amides is 7. The molecule has 0 aliphatic carbocycles. The Labute approximate surface area is 422 Å². The second-order valence-corrected chi connectivity index (χ2v) is 18.0. The number of carbonyl (C=O) groups excluding carboxylic acids is 9. The highest BCUT2D eigenvalue weighted by atomic mass is 35.5. The zero-order chi connectivity index (χ0) is 51.7. The van der Waals surface area contributed by atoms with Gasteiger partial charge in [-0.3, -0.25) is 28.8 Å². The number of esters is 1. The lowest BCUT2D eigenvalue weighted by molar-refractivity contribution is -0.145. The minimum absolute atomic E-state index is 0.0344. The van der Waals surface area contributed by atoms with E-state index in [0.29, 0.717) is 46.8 Å². The van der Waals surface area contributed by atoms with Crippen LogP contribution in [0.4, 0.5) is 9.59 Å². The molecule has 0 saturated carbocycles. The van der Waals surface area contributed by atoms with Gasteiger partial charge in [-0.1, -0.05) is 104 Å². The summed E-state index contributed by atoms with van der Waals surface area (Å²) in [5, 5.41) is 13.9. The molecule has 1 saturated heterocycles. The number of benzene rings is 3. The van der Waals surface area contributed by atoms with Crippen molar-refractivity contribution in [3.8, 4) is 0 Å². The van der Waals surface area contributed by atoms with Gasteiger partial charge in [-0.2, -0.15) is 0 Å². The van der Waals surface area contributed by atoms with Crippen molar-refractivity contribution in [3.63, 3.8) is 0 Å². The Morgan fingerprint density at radius 1 is 0.690 bits per heavy atom. The quantitative estimate of drug-likeness (QED) is 0.0238. The molecule has 4 rings (SSSR count). The molecule has 3 aromatic carbocycles. The molecule has 0 radical (unpaired) electrons. The highest BCUT2D eigenvalue weighted by molar-refractivity contribution is 6.31. The third-order valence-corrected chi connectivity index (χ3v) is 12.1. The van der Waals surface area contributed by atoms with Gasteiger partial charge in [-0.15, -0.1) is 0 Å². The molecular formula is C50H63Cl2N7O12. The summed E-state index contributed by atoms with van der Waals surface area (Å²) in [5.74, 6) is -4.33. The number of ether oxygens (including phenoxy) is 3. The molecule has 21 heteroatoms. The van der Waals surface area contributed by atoms with E-state index in [1.54, 1.807) is 86.6 Å². The maximum Gasteiger partial charge on any atom is 0.419 e. The lowest BCUT2D eigenvalue weighted by Gasteiger charge is -2.27. The lowest BCUT2D eigenvalue weighted by atomic mass is 10.0. The molecule has 3 aromatic rings. The van der Waals surface area contributed by atoms with Crippen molar-refractivity contribution in [2.45, 2.75) is 128 Å². The summed E-state index contributed by atoms with van der Waals surface area (Å²) < 4.78 is 16.3. The molecule has 0 spiro atoms. The summed E-state index contributed by atoms with van der Waals surface area (Å²) >= 11 is 12.5. The first-order valence-corrected chi connectivity index (χ1v) is 24.3. The number of imide groups is 1. The van der Waals surface area contributed by atoms with Crippen LogP contribution in [0.3, 0.4) is 0 Å². The monoisotopic (exact) mass is 1020 g/mol. The van der Waals surface area contributed by atoms with Crippen LogP contribution in [0.15, 0.2) is 78.9 Å². The zero-order valence-electron chi connectivity index (χ0n) is 39.8. The van der Waals surface area contributed by atoms with Crippen LogP contribution >= 0.6 is 23.2 Å². The molecule has 0 bridgehead atoms. The number of rotatable bonds is 28. The number of nitrogens with two attached hydrogens (primary N) is 1. The van der Waals surface area contributed by atoms with Gasteiger partial charge in [-0.25, -0.2) is 14.5 Å². The summed E-state index contributed by atoms with van der Waals surface area (Å²) in [6.45, 7) is 2.85. The number of unbranched alkanes of at least 4 members (excludes halogenated alkanes) is 2. The topological polar surface area (TPSA) is 271 Å². The lowest BCUT2D eigenvalue weighted by Crippen LogP contribution is -2.58. The molecule has 0 unspecified atom stereocenters. The van der Waals surface area contributed by atoms with Crippen LogP contribution in [0.5, 0.6) is 0 Å². The van der Waals surface area contributed by atoms with Crippen molar-refractivity contribution in [2.24, 2.45) is 11.7 Å². The van der Waals surface area contributed by atoms with Crippen molar-refractivity contribution < 1.29 is 57.4 Å². The normalized spacial score (nSPS) is 14.7. The van der Waals surface area contributed by atoms with Crippen LogP contribution in [0.2, 0.25) is 10.0 Å². The first-order chi connectivity index (χ1) is 34.1. The fourth-order valence-electron chi connectivity index (χ4n) is 7.16. The number of halogens is 2. The Bertz CT molecular complexity index is 2230. The van der Waals surface area contributed by atoms with Crippen LogP contribution < -0.4 is 32.3 Å². The number of carbonyl (C=O) groups is 9. The van der Waals surface area contributed by atoms with E-state index in [1.165, 1.54) is 0 Å². The molecule has 71 heavy (non-hydrogen) atoms. The Kier molecular flexibility index (Phi) is 24.3. The van der Waals surface area contributed by atoms with E-state index in [4.69, 9.17) is 43.1 Å². The Balaban J connectivity index is 1.57. The first kappa shape index (κ1) is 57.0. The molecule has 1 aliphatic rings. The van der Waals surface area contributed by atoms with Gasteiger partial charge in [0, 0.05) is 40.6 Å². The molecule has 7 N–H and O–H groups in total. The van der Waals surface area contributed by atoms with Crippen LogP contribution in [-0.4, -0.2) is 102 Å². The highest BCUT2D eigenvalue weighted by Gasteiger charge is 2.34. The van der Waals surface area contributed by atoms with Gasteiger partial charge < -0.3 is 51.3 Å². The van der Waals surface area contributed by atoms with Crippen molar-refractivity contribution in [1.29, 1.82) is 0 Å². The number of aldehydes is 1. The predicted molar refractivity (Wildman–Crippen MR) is 262 cm³/mol. The fraction of sp³-hybridized carbons (Fsp3) is 0.460. The second-order valence-electron chi connectivity index (χ2n) is 17.2. The summed E-state index contributed by atoms with van der Waals surface area (Å²) in [6, 6.07) is 16.4. The van der Waals surface area contributed by atoms with Gasteiger partial charge in [0.15, 0.2) is 0 Å². The van der Waals surface area contributed by atoms with E-state index in [1.807, 2.05) is 6.07 Å². The largest absolute Gasteiger partial charge is 0.461 e. The maximum atomic E-state index is 14.4. The Hall–Kier alpha value is -6.57. The summed E-state index contributed by atoms with van der Waals surface area (Å²) in [5.41, 5.74) is 7.40. The first-order valence-electron chi connectivity index (χ1n) is 23.5. The molecule has 1 aliphatic heterocycles. The van der Waals surface area contributed by atoms with E-state index in [2.05, 4.69) is 26.6 Å². The molecule has 0 aromatic heterocycles. The standard InChI is InChI=1S/C50H63Cl2N7O12/c1-32(2)42(28-60)58-48(66)41(23-25-44(62)69-29-33-14-4-3-5-15-33)57-46(64)39(55-45(63)38(20-10-12-26-53)56-47(65)40-22-24-43(61)54-40)21-11-13-27-59(49(67)70-30-34-16-6-8-18-36(34)51)50(68)71-31-35-17-7-9-19-37(35)52/h3-9,14-19,28,32,38-42H,10-13,20-27,29-31,53H2,1-2H3,(H,54,61)(H,55,63)(H,56,65)(H,57,64)(H,58,66)/t38-,39-,40-,41-,42+/m0/s1. The Morgan fingerprint density at radius 3 is 1.73 bits per heavy atom. The minimum Gasteiger partial charge on any atom is -0.461 e. The van der Waals surface area contributed by atoms with Gasteiger partial charge >= 0.3 is 18.2 Å². The van der Waals surface area contributed by atoms with E-state index in [9.17, 15) is 43.2 Å². The fourth-order valence-corrected chi connectivity index (χ4v) is 7.54. The predicted octanol–water partition coefficient (Wildman–Crippen LogP) is 5.16. The van der Waals surface area contributed by atoms with Gasteiger partial charge in [0.1, 0.15) is 50.3 Å². The number of nitrogens with zero attached hydrogens (tertiary/aromatic N) is 1. The van der Waals surface area contributed by atoms with E-state index >= 15 is 0 Å². The SMILES string of the molecule is CC(C)[C@@H](C=O)NC(=O)[C@H](CCC(=O)OCc1ccccc1)NC(=O)[C@H](CCCCN(C(=O)OCc1ccccc1Cl)C(=O)OCc1ccccc1Cl)NC(=O)[C@H](CCCCN)NC(=O)[C@@H]1CCC(=O)N1. The van der Waals surface area contributed by atoms with Gasteiger partial charge in [0.05, 0.1) is 6.04 Å². The smallest absolute Gasteiger partial charge is 0.419 e.